The summed E-state index contributed by atoms with van der Waals surface area (Å²) in [6.07, 6.45) is 0. The molecule has 0 aromatic heterocycles. The van der Waals surface area contributed by atoms with Crippen molar-refractivity contribution in [1.82, 2.24) is 0 Å². The predicted molar refractivity (Wildman–Crippen MR) is 133 cm³/mol. The predicted octanol–water partition coefficient (Wildman–Crippen LogP) is 5.95. The number of hydrogen-bond donors (Lipinski definition) is 4. The van der Waals surface area contributed by atoms with E-state index in [9.17, 15) is 24.9 Å². The molecule has 0 saturated carbocycles. The van der Waals surface area contributed by atoms with Gasteiger partial charge < -0.3 is 24.8 Å². The van der Waals surface area contributed by atoms with Crippen molar-refractivity contribution in [3.05, 3.63) is 102 Å². The Morgan fingerprint density at radius 2 is 1.32 bits per heavy atom. The summed E-state index contributed by atoms with van der Waals surface area (Å²) < 4.78 is 11.1. The number of carbonyl (C=O) groups excluding carboxylic acids is 1. The quantitative estimate of drug-likeness (QED) is 0.0905. The summed E-state index contributed by atoms with van der Waals surface area (Å²) in [6.45, 7) is -0.140. The van der Waals surface area contributed by atoms with Crippen molar-refractivity contribution < 1.29 is 44.5 Å². The normalized spacial score (nSPS) is 10.6. The maximum Gasteiger partial charge on any atom is 0.344 e. The first kappa shape index (κ1) is 25.6. The highest BCUT2D eigenvalue weighted by Gasteiger charge is 2.19. The largest absolute Gasteiger partial charge is 0.508 e. The van der Waals surface area contributed by atoms with Crippen LogP contribution in [0.15, 0.2) is 94.7 Å². The fourth-order valence-corrected chi connectivity index (χ4v) is 4.13. The molecule has 0 unspecified atom stereocenters. The zero-order valence-electron chi connectivity index (χ0n) is 19.0. The van der Waals surface area contributed by atoms with Gasteiger partial charge in [0.2, 0.25) is 0 Å². The van der Waals surface area contributed by atoms with Crippen LogP contribution in [0.5, 0.6) is 28.7 Å². The second kappa shape index (κ2) is 11.5. The number of rotatable bonds is 9. The number of esters is 1. The van der Waals surface area contributed by atoms with Gasteiger partial charge in [-0.2, -0.15) is 0 Å². The number of carboxylic acid groups (broad SMARTS) is 1. The number of phenolic OH excluding ortho intramolecular Hbond substituents is 2. The van der Waals surface area contributed by atoms with E-state index in [4.69, 9.17) is 14.7 Å². The van der Waals surface area contributed by atoms with Gasteiger partial charge in [-0.1, -0.05) is 11.8 Å². The number of carboxylic acids is 1. The Labute approximate surface area is 215 Å². The van der Waals surface area contributed by atoms with E-state index in [0.717, 1.165) is 15.9 Å². The molecular formula is C27H20O9S. The number of aromatic hydroxyl groups is 2. The first-order valence-corrected chi connectivity index (χ1v) is 11.6. The third-order valence-corrected chi connectivity index (χ3v) is 6.05. The van der Waals surface area contributed by atoms with Gasteiger partial charge in [0.25, 0.3) is 0 Å². The molecule has 4 N–H and O–H groups in total. The van der Waals surface area contributed by atoms with Crippen LogP contribution in [0.4, 0.5) is 0 Å². The van der Waals surface area contributed by atoms with E-state index < -0.39 is 11.9 Å². The highest BCUT2D eigenvalue weighted by molar-refractivity contribution is 7.99. The molecule has 188 valence electrons. The molecule has 0 radical (unpaired) electrons. The van der Waals surface area contributed by atoms with E-state index in [-0.39, 0.29) is 35.0 Å². The summed E-state index contributed by atoms with van der Waals surface area (Å²) in [5, 5.41) is 37.1. The number of hydrogen-bond acceptors (Lipinski definition) is 9. The van der Waals surface area contributed by atoms with Gasteiger partial charge in [-0.05, 0) is 84.9 Å². The lowest BCUT2D eigenvalue weighted by Crippen LogP contribution is -2.14. The highest BCUT2D eigenvalue weighted by atomic mass is 32.2. The van der Waals surface area contributed by atoms with Gasteiger partial charge >= 0.3 is 11.9 Å². The maximum absolute atomic E-state index is 12.4. The molecule has 0 fully saturated rings. The Morgan fingerprint density at radius 1 is 0.730 bits per heavy atom. The van der Waals surface area contributed by atoms with Crippen LogP contribution in [-0.2, 0) is 11.5 Å². The van der Waals surface area contributed by atoms with Gasteiger partial charge in [0.05, 0.1) is 11.1 Å². The molecule has 4 rings (SSSR count). The summed E-state index contributed by atoms with van der Waals surface area (Å²) in [7, 11) is 0. The van der Waals surface area contributed by atoms with Gasteiger partial charge in [-0.3, -0.25) is 5.26 Å². The van der Waals surface area contributed by atoms with Crippen molar-refractivity contribution >= 4 is 23.7 Å². The Balaban J connectivity index is 1.39. The number of ether oxygens (including phenoxy) is 2. The summed E-state index contributed by atoms with van der Waals surface area (Å²) in [4.78, 5) is 29.8. The number of aromatic carboxylic acids is 1. The van der Waals surface area contributed by atoms with Gasteiger partial charge in [0.1, 0.15) is 35.4 Å². The second-order valence-electron chi connectivity index (χ2n) is 7.64. The van der Waals surface area contributed by atoms with E-state index in [1.54, 1.807) is 42.5 Å². The molecule has 0 amide bonds. The summed E-state index contributed by atoms with van der Waals surface area (Å²) >= 11 is 1.46. The van der Waals surface area contributed by atoms with E-state index >= 15 is 0 Å². The number of carbonyl (C=O) groups is 2. The van der Waals surface area contributed by atoms with E-state index in [2.05, 4.69) is 4.89 Å². The van der Waals surface area contributed by atoms with Crippen molar-refractivity contribution in [2.75, 3.05) is 0 Å². The Hall–Kier alpha value is -4.51. The Kier molecular flexibility index (Phi) is 7.94. The lowest BCUT2D eigenvalue weighted by atomic mass is 10.1. The van der Waals surface area contributed by atoms with Crippen LogP contribution in [-0.4, -0.2) is 32.5 Å². The van der Waals surface area contributed by atoms with Gasteiger partial charge in [0, 0.05) is 15.4 Å². The van der Waals surface area contributed by atoms with Crippen molar-refractivity contribution in [1.29, 1.82) is 0 Å². The van der Waals surface area contributed by atoms with Crippen molar-refractivity contribution in [2.24, 2.45) is 0 Å². The first-order chi connectivity index (χ1) is 17.8. The molecular weight excluding hydrogens is 500 g/mol. The van der Waals surface area contributed by atoms with E-state index in [1.807, 2.05) is 12.1 Å². The average Bonchev–Trinajstić information content (AvgIpc) is 2.88. The molecule has 4 aromatic rings. The monoisotopic (exact) mass is 520 g/mol. The third-order valence-electron chi connectivity index (χ3n) is 5.04. The summed E-state index contributed by atoms with van der Waals surface area (Å²) in [5.74, 6) is -1.23. The van der Waals surface area contributed by atoms with Crippen LogP contribution in [0.25, 0.3) is 0 Å². The van der Waals surface area contributed by atoms with Crippen molar-refractivity contribution in [2.45, 2.75) is 16.4 Å². The SMILES string of the molecule is O=C(O)c1cc(O)ccc1C(=O)Oc1ccc(Sc2ccc(Oc3ccc(O)cc3COO)cc2)cc1. The molecule has 0 heterocycles. The average molecular weight is 521 g/mol. The van der Waals surface area contributed by atoms with E-state index in [1.165, 1.54) is 36.0 Å². The smallest absolute Gasteiger partial charge is 0.344 e. The standard InChI is InChI=1S/C27H20O9S/c28-17-2-12-25(16(13-17)15-34-33)35-19-3-7-21(8-4-19)37-22-9-5-20(6-10-22)36-27(32)23-11-1-18(29)14-24(23)26(30)31/h1-14,28-29,33H,15H2,(H,30,31). The van der Waals surface area contributed by atoms with E-state index in [0.29, 0.717) is 17.1 Å². The minimum absolute atomic E-state index is 0.0253. The second-order valence-corrected chi connectivity index (χ2v) is 8.78. The van der Waals surface area contributed by atoms with Gasteiger partial charge in [0.15, 0.2) is 0 Å². The molecule has 0 aliphatic carbocycles. The molecule has 0 bridgehead atoms. The van der Waals surface area contributed by atoms with Crippen LogP contribution < -0.4 is 9.47 Å². The molecule has 4 aromatic carbocycles. The molecule has 0 aliphatic heterocycles. The number of phenols is 2. The summed E-state index contributed by atoms with van der Waals surface area (Å²) in [5.41, 5.74) is -0.0475. The van der Waals surface area contributed by atoms with Crippen molar-refractivity contribution in [3.63, 3.8) is 0 Å². The first-order valence-electron chi connectivity index (χ1n) is 10.7. The molecule has 0 atom stereocenters. The minimum atomic E-state index is -1.35. The zero-order chi connectivity index (χ0) is 26.4. The molecule has 9 nitrogen and oxygen atoms in total. The molecule has 10 heteroatoms. The van der Waals surface area contributed by atoms with Crippen LogP contribution in [0.1, 0.15) is 26.3 Å². The van der Waals surface area contributed by atoms with Crippen molar-refractivity contribution in [3.8, 4) is 28.7 Å². The fourth-order valence-electron chi connectivity index (χ4n) is 3.31. The van der Waals surface area contributed by atoms with Crippen LogP contribution in [0, 0.1) is 0 Å². The molecule has 37 heavy (non-hydrogen) atoms. The lowest BCUT2D eigenvalue weighted by Gasteiger charge is -2.11. The number of benzene rings is 4. The minimum Gasteiger partial charge on any atom is -0.508 e. The maximum atomic E-state index is 12.4. The zero-order valence-corrected chi connectivity index (χ0v) is 19.8. The molecule has 0 aliphatic rings. The Morgan fingerprint density at radius 3 is 1.95 bits per heavy atom. The van der Waals surface area contributed by atoms with Crippen LogP contribution in [0.2, 0.25) is 0 Å². The molecule has 0 saturated heterocycles. The van der Waals surface area contributed by atoms with Crippen LogP contribution in [0.3, 0.4) is 0 Å². The van der Waals surface area contributed by atoms with Crippen LogP contribution >= 0.6 is 11.8 Å². The lowest BCUT2D eigenvalue weighted by molar-refractivity contribution is -0.253. The summed E-state index contributed by atoms with van der Waals surface area (Å²) in [6, 6.07) is 21.8. The molecule has 0 spiro atoms. The fraction of sp³-hybridized carbons (Fsp3) is 0.0370. The Bertz CT molecular complexity index is 1420. The van der Waals surface area contributed by atoms with Gasteiger partial charge in [-0.25, -0.2) is 14.5 Å². The van der Waals surface area contributed by atoms with Gasteiger partial charge in [-0.15, -0.1) is 0 Å². The topological polar surface area (TPSA) is 143 Å². The third kappa shape index (κ3) is 6.58. The highest BCUT2D eigenvalue weighted by Crippen LogP contribution is 2.33.